The van der Waals surface area contributed by atoms with Crippen LogP contribution in [0.3, 0.4) is 0 Å². The lowest BCUT2D eigenvalue weighted by Gasteiger charge is -2.49. The van der Waals surface area contributed by atoms with Crippen LogP contribution < -0.4 is 5.73 Å². The number of hydrogen-bond acceptors (Lipinski definition) is 2. The van der Waals surface area contributed by atoms with Crippen LogP contribution in [0, 0.1) is 5.92 Å². The van der Waals surface area contributed by atoms with Gasteiger partial charge in [0, 0.05) is 6.04 Å². The number of aliphatic hydroxyl groups is 1. The van der Waals surface area contributed by atoms with Gasteiger partial charge in [-0.15, -0.1) is 0 Å². The SMILES string of the molecule is CC(C)N=C(N)N1CC(O)(C(C)C)C1. The second-order valence-corrected chi connectivity index (χ2v) is 4.70. The first-order valence-electron chi connectivity index (χ1n) is 5.16. The molecular weight excluding hydrogens is 178 g/mol. The van der Waals surface area contributed by atoms with Gasteiger partial charge in [-0.25, -0.2) is 0 Å². The molecule has 4 heteroatoms. The van der Waals surface area contributed by atoms with Crippen molar-refractivity contribution in [3.05, 3.63) is 0 Å². The minimum absolute atomic E-state index is 0.211. The van der Waals surface area contributed by atoms with Gasteiger partial charge in [0.25, 0.3) is 0 Å². The van der Waals surface area contributed by atoms with E-state index < -0.39 is 5.60 Å². The lowest BCUT2D eigenvalue weighted by atomic mass is 9.83. The molecule has 4 nitrogen and oxygen atoms in total. The third-order valence-electron chi connectivity index (χ3n) is 2.72. The molecule has 0 spiro atoms. The van der Waals surface area contributed by atoms with Gasteiger partial charge in [-0.05, 0) is 19.8 Å². The first kappa shape index (κ1) is 11.3. The molecule has 0 atom stereocenters. The van der Waals surface area contributed by atoms with Crippen molar-refractivity contribution in [1.82, 2.24) is 4.90 Å². The number of rotatable bonds is 2. The van der Waals surface area contributed by atoms with Gasteiger partial charge in [-0.3, -0.25) is 4.99 Å². The van der Waals surface area contributed by atoms with Crippen LogP contribution in [-0.4, -0.2) is 40.7 Å². The van der Waals surface area contributed by atoms with E-state index >= 15 is 0 Å². The van der Waals surface area contributed by atoms with Gasteiger partial charge in [-0.2, -0.15) is 0 Å². The molecule has 3 N–H and O–H groups in total. The standard InChI is InChI=1S/C10H21N3O/c1-7(2)10(14)5-13(6-10)9(11)12-8(3)4/h7-8,14H,5-6H2,1-4H3,(H2,11,12). The van der Waals surface area contributed by atoms with E-state index in [2.05, 4.69) is 4.99 Å². The average molecular weight is 199 g/mol. The van der Waals surface area contributed by atoms with Crippen LogP contribution >= 0.6 is 0 Å². The van der Waals surface area contributed by atoms with Gasteiger partial charge >= 0.3 is 0 Å². The van der Waals surface area contributed by atoms with Crippen molar-refractivity contribution in [1.29, 1.82) is 0 Å². The fraction of sp³-hybridized carbons (Fsp3) is 0.900. The van der Waals surface area contributed by atoms with Crippen molar-refractivity contribution in [2.24, 2.45) is 16.6 Å². The lowest BCUT2D eigenvalue weighted by molar-refractivity contribution is -0.0999. The maximum Gasteiger partial charge on any atom is 0.191 e. The Hall–Kier alpha value is -0.770. The number of hydrogen-bond donors (Lipinski definition) is 2. The zero-order chi connectivity index (χ0) is 10.9. The molecule has 0 radical (unpaired) electrons. The highest BCUT2D eigenvalue weighted by molar-refractivity contribution is 5.79. The quantitative estimate of drug-likeness (QED) is 0.500. The van der Waals surface area contributed by atoms with Crippen LogP contribution in [0.5, 0.6) is 0 Å². The van der Waals surface area contributed by atoms with E-state index in [0.717, 1.165) is 0 Å². The number of guanidine groups is 1. The van der Waals surface area contributed by atoms with E-state index in [9.17, 15) is 5.11 Å². The van der Waals surface area contributed by atoms with E-state index in [0.29, 0.717) is 19.0 Å². The Bertz CT molecular complexity index is 230. The summed E-state index contributed by atoms with van der Waals surface area (Å²) in [6, 6.07) is 0.211. The van der Waals surface area contributed by atoms with Crippen molar-refractivity contribution in [2.45, 2.75) is 39.3 Å². The van der Waals surface area contributed by atoms with Gasteiger partial charge in [0.2, 0.25) is 0 Å². The topological polar surface area (TPSA) is 61.8 Å². The summed E-state index contributed by atoms with van der Waals surface area (Å²) in [6.07, 6.45) is 0. The highest BCUT2D eigenvalue weighted by Crippen LogP contribution is 2.28. The zero-order valence-electron chi connectivity index (χ0n) is 9.49. The predicted molar refractivity (Wildman–Crippen MR) is 58.1 cm³/mol. The number of nitrogens with zero attached hydrogens (tertiary/aromatic N) is 2. The number of aliphatic imine (C=N–C) groups is 1. The van der Waals surface area contributed by atoms with Crippen LogP contribution in [0.4, 0.5) is 0 Å². The van der Waals surface area contributed by atoms with Gasteiger partial charge in [0.1, 0.15) is 5.60 Å². The van der Waals surface area contributed by atoms with E-state index in [4.69, 9.17) is 5.73 Å². The van der Waals surface area contributed by atoms with E-state index in [1.165, 1.54) is 0 Å². The molecule has 1 aliphatic heterocycles. The van der Waals surface area contributed by atoms with Crippen molar-refractivity contribution in [3.63, 3.8) is 0 Å². The highest BCUT2D eigenvalue weighted by Gasteiger charge is 2.44. The fourth-order valence-electron chi connectivity index (χ4n) is 1.49. The second kappa shape index (κ2) is 3.77. The van der Waals surface area contributed by atoms with Crippen LogP contribution in [0.25, 0.3) is 0 Å². The molecule has 1 rings (SSSR count). The Kier molecular flexibility index (Phi) is 3.04. The van der Waals surface area contributed by atoms with Crippen molar-refractivity contribution in [2.75, 3.05) is 13.1 Å². The molecule has 0 saturated carbocycles. The number of nitrogens with two attached hydrogens (primary N) is 1. The summed E-state index contributed by atoms with van der Waals surface area (Å²) in [5.74, 6) is 0.816. The minimum atomic E-state index is -0.572. The Balaban J connectivity index is 2.49. The molecule has 82 valence electrons. The Morgan fingerprint density at radius 3 is 2.21 bits per heavy atom. The minimum Gasteiger partial charge on any atom is -0.386 e. The summed E-state index contributed by atoms with van der Waals surface area (Å²) in [4.78, 5) is 6.15. The van der Waals surface area contributed by atoms with Gasteiger partial charge in [0.15, 0.2) is 5.96 Å². The smallest absolute Gasteiger partial charge is 0.191 e. The molecular formula is C10H21N3O. The Labute approximate surface area is 85.8 Å². The second-order valence-electron chi connectivity index (χ2n) is 4.70. The number of β-amino-alcohol motifs (C(OH)–C–C–N with tert-alkyl or cyclic N) is 1. The molecule has 0 bridgehead atoms. The van der Waals surface area contributed by atoms with Gasteiger partial charge in [-0.1, -0.05) is 13.8 Å². The van der Waals surface area contributed by atoms with Crippen molar-refractivity contribution >= 4 is 5.96 Å². The summed E-state index contributed by atoms with van der Waals surface area (Å²) in [7, 11) is 0. The summed E-state index contributed by atoms with van der Waals surface area (Å²) < 4.78 is 0. The molecule has 1 saturated heterocycles. The zero-order valence-corrected chi connectivity index (χ0v) is 9.49. The Morgan fingerprint density at radius 1 is 1.36 bits per heavy atom. The molecule has 0 unspecified atom stereocenters. The maximum absolute atomic E-state index is 9.99. The molecule has 0 aromatic carbocycles. The van der Waals surface area contributed by atoms with E-state index in [1.807, 2.05) is 32.6 Å². The average Bonchev–Trinajstić information content (AvgIpc) is 1.96. The van der Waals surface area contributed by atoms with Crippen LogP contribution in [0.1, 0.15) is 27.7 Å². The van der Waals surface area contributed by atoms with E-state index in [-0.39, 0.29) is 12.0 Å². The fourth-order valence-corrected chi connectivity index (χ4v) is 1.49. The van der Waals surface area contributed by atoms with Crippen LogP contribution in [0.15, 0.2) is 4.99 Å². The van der Waals surface area contributed by atoms with Crippen LogP contribution in [-0.2, 0) is 0 Å². The molecule has 0 aliphatic carbocycles. The molecule has 0 amide bonds. The summed E-state index contributed by atoms with van der Waals surface area (Å²) in [6.45, 7) is 9.22. The molecule has 1 aliphatic rings. The third-order valence-corrected chi connectivity index (χ3v) is 2.72. The molecule has 1 heterocycles. The van der Waals surface area contributed by atoms with Crippen molar-refractivity contribution < 1.29 is 5.11 Å². The van der Waals surface area contributed by atoms with Crippen molar-refractivity contribution in [3.8, 4) is 0 Å². The van der Waals surface area contributed by atoms with Gasteiger partial charge < -0.3 is 15.7 Å². The van der Waals surface area contributed by atoms with E-state index in [1.54, 1.807) is 0 Å². The molecule has 14 heavy (non-hydrogen) atoms. The molecule has 0 aromatic heterocycles. The lowest BCUT2D eigenvalue weighted by Crippen LogP contribution is -2.67. The largest absolute Gasteiger partial charge is 0.386 e. The first-order valence-corrected chi connectivity index (χ1v) is 5.16. The number of likely N-dealkylation sites (tertiary alicyclic amines) is 1. The summed E-state index contributed by atoms with van der Waals surface area (Å²) >= 11 is 0. The summed E-state index contributed by atoms with van der Waals surface area (Å²) in [5.41, 5.74) is 5.19. The Morgan fingerprint density at radius 2 is 1.86 bits per heavy atom. The molecule has 1 fully saturated rings. The monoisotopic (exact) mass is 199 g/mol. The highest BCUT2D eigenvalue weighted by atomic mass is 16.3. The maximum atomic E-state index is 9.99. The molecule has 0 aromatic rings. The first-order chi connectivity index (χ1) is 6.35. The third kappa shape index (κ3) is 2.18. The van der Waals surface area contributed by atoms with Gasteiger partial charge in [0.05, 0.1) is 13.1 Å². The normalized spacial score (nSPS) is 21.6. The summed E-state index contributed by atoms with van der Waals surface area (Å²) in [5, 5.41) is 9.99. The van der Waals surface area contributed by atoms with Crippen LogP contribution in [0.2, 0.25) is 0 Å². The predicted octanol–water partition coefficient (Wildman–Crippen LogP) is 0.412.